The lowest BCUT2D eigenvalue weighted by Crippen LogP contribution is -2.10. The minimum atomic E-state index is 0.686. The number of hydrogen-bond donors (Lipinski definition) is 0. The van der Waals surface area contributed by atoms with Gasteiger partial charge in [0.05, 0.1) is 22.4 Å². The molecule has 0 radical (unpaired) electrons. The number of nitrogens with zero attached hydrogens (tertiary/aromatic N) is 4. The second-order valence-corrected chi connectivity index (χ2v) is 13.9. The Morgan fingerprint density at radius 2 is 0.768 bits per heavy atom. The first kappa shape index (κ1) is 33.0. The van der Waals surface area contributed by atoms with Gasteiger partial charge >= 0.3 is 0 Å². The van der Waals surface area contributed by atoms with Crippen molar-refractivity contribution in [1.29, 1.82) is 0 Å². The van der Waals surface area contributed by atoms with Crippen molar-refractivity contribution in [3.8, 4) is 50.7 Å². The van der Waals surface area contributed by atoms with E-state index < -0.39 is 0 Å². The molecular weight excluding hydrogens is 681 g/mol. The number of para-hydroxylation sites is 2. The summed E-state index contributed by atoms with van der Waals surface area (Å²) in [7, 11) is 0. The summed E-state index contributed by atoms with van der Waals surface area (Å²) in [5.41, 5.74) is 13.9. The summed E-state index contributed by atoms with van der Waals surface area (Å²) >= 11 is 0. The molecule has 0 N–H and O–H groups in total. The Morgan fingerprint density at radius 1 is 0.321 bits per heavy atom. The Bertz CT molecular complexity index is 2860. The lowest BCUT2D eigenvalue weighted by atomic mass is 10.0. The van der Waals surface area contributed by atoms with Crippen LogP contribution >= 0.6 is 0 Å². The zero-order valence-electron chi connectivity index (χ0n) is 30.6. The highest BCUT2D eigenvalue weighted by molar-refractivity contribution is 6.10. The summed E-state index contributed by atoms with van der Waals surface area (Å²) in [5, 5.41) is 2.41. The van der Waals surface area contributed by atoms with E-state index in [1.165, 1.54) is 32.9 Å². The average molecular weight is 717 g/mol. The monoisotopic (exact) mass is 716 g/mol. The van der Waals surface area contributed by atoms with Gasteiger partial charge in [-0.3, -0.25) is 0 Å². The molecule has 0 aliphatic heterocycles. The lowest BCUT2D eigenvalue weighted by Gasteiger charge is -2.26. The molecule has 0 unspecified atom stereocenters. The minimum absolute atomic E-state index is 0.686. The van der Waals surface area contributed by atoms with Crippen LogP contribution in [-0.2, 0) is 0 Å². The summed E-state index contributed by atoms with van der Waals surface area (Å²) in [4.78, 5) is 12.5. The van der Waals surface area contributed by atoms with Crippen LogP contribution in [0.25, 0.3) is 72.5 Å². The van der Waals surface area contributed by atoms with Gasteiger partial charge in [0.2, 0.25) is 0 Å². The fourth-order valence-electron chi connectivity index (χ4n) is 7.69. The van der Waals surface area contributed by atoms with E-state index in [9.17, 15) is 0 Å². The molecule has 4 heteroatoms. The average Bonchev–Trinajstić information content (AvgIpc) is 3.62. The van der Waals surface area contributed by atoms with Crippen molar-refractivity contribution in [3.63, 3.8) is 0 Å². The molecule has 10 rings (SSSR count). The van der Waals surface area contributed by atoms with Crippen LogP contribution in [0, 0.1) is 0 Å². The first-order valence-corrected chi connectivity index (χ1v) is 18.9. The largest absolute Gasteiger partial charge is 0.310 e. The predicted molar refractivity (Wildman–Crippen MR) is 233 cm³/mol. The number of rotatable bonds is 8. The smallest absolute Gasteiger partial charge is 0.160 e. The second-order valence-electron chi connectivity index (χ2n) is 13.9. The fraction of sp³-hybridized carbons (Fsp3) is 0. The molecule has 264 valence electrons. The lowest BCUT2D eigenvalue weighted by molar-refractivity contribution is 1.18. The Kier molecular flexibility index (Phi) is 8.47. The third-order valence-corrected chi connectivity index (χ3v) is 10.4. The molecule has 0 saturated carbocycles. The van der Waals surface area contributed by atoms with Crippen LogP contribution in [0.4, 0.5) is 17.1 Å². The summed E-state index contributed by atoms with van der Waals surface area (Å²) < 4.78 is 2.36. The molecule has 8 aromatic carbocycles. The minimum Gasteiger partial charge on any atom is -0.310 e. The molecule has 2 heterocycles. The van der Waals surface area contributed by atoms with Crippen molar-refractivity contribution >= 4 is 38.9 Å². The van der Waals surface area contributed by atoms with E-state index in [0.29, 0.717) is 5.82 Å². The first-order valence-electron chi connectivity index (χ1n) is 18.9. The number of anilines is 3. The molecule has 4 nitrogen and oxygen atoms in total. The molecule has 2 aromatic heterocycles. The van der Waals surface area contributed by atoms with Crippen LogP contribution in [0.2, 0.25) is 0 Å². The van der Waals surface area contributed by atoms with Gasteiger partial charge in [0.1, 0.15) is 0 Å². The van der Waals surface area contributed by atoms with Gasteiger partial charge in [-0.05, 0) is 90.0 Å². The van der Waals surface area contributed by atoms with E-state index in [-0.39, 0.29) is 0 Å². The maximum atomic E-state index is 5.09. The van der Waals surface area contributed by atoms with Gasteiger partial charge < -0.3 is 9.47 Å². The van der Waals surface area contributed by atoms with Crippen molar-refractivity contribution in [2.24, 2.45) is 0 Å². The normalized spacial score (nSPS) is 11.2. The number of hydrogen-bond acceptors (Lipinski definition) is 3. The van der Waals surface area contributed by atoms with Crippen molar-refractivity contribution in [2.45, 2.75) is 0 Å². The van der Waals surface area contributed by atoms with E-state index in [0.717, 1.165) is 50.8 Å². The number of aromatic nitrogens is 3. The summed E-state index contributed by atoms with van der Waals surface area (Å²) in [5.74, 6) is 0.686. The second kappa shape index (κ2) is 14.3. The Balaban J connectivity index is 1.10. The standard InChI is InChI=1S/C52H36N4/c1-5-15-37(16-6-1)38-25-29-43(30-26-38)55(45-33-34-51-47(35-45)46-23-13-14-24-50(46)56(51)42-21-11-4-12-22-42)44-31-27-41(28-32-44)52-53-48(39-17-7-2-8-18-39)36-49(54-52)40-19-9-3-10-20-40/h1-36H. The topological polar surface area (TPSA) is 34.0 Å². The van der Waals surface area contributed by atoms with Gasteiger partial charge in [-0.1, -0.05) is 140 Å². The molecule has 10 aromatic rings. The van der Waals surface area contributed by atoms with Crippen LogP contribution < -0.4 is 4.90 Å². The van der Waals surface area contributed by atoms with E-state index in [2.05, 4.69) is 191 Å². The van der Waals surface area contributed by atoms with Gasteiger partial charge in [0.15, 0.2) is 5.82 Å². The molecule has 0 fully saturated rings. The molecule has 0 bridgehead atoms. The molecular formula is C52H36N4. The SMILES string of the molecule is c1ccc(-c2ccc(N(c3ccc(-c4nc(-c5ccccc5)cc(-c5ccccc5)n4)cc3)c3ccc4c(c3)c3ccccc3n4-c3ccccc3)cc2)cc1. The number of fused-ring (bicyclic) bond motifs is 3. The predicted octanol–water partition coefficient (Wildman–Crippen LogP) is 13.7. The summed E-state index contributed by atoms with van der Waals surface area (Å²) in [6.45, 7) is 0. The maximum Gasteiger partial charge on any atom is 0.160 e. The van der Waals surface area contributed by atoms with Crippen LogP contribution in [0.15, 0.2) is 218 Å². The Morgan fingerprint density at radius 3 is 1.36 bits per heavy atom. The van der Waals surface area contributed by atoms with Gasteiger partial charge in [-0.2, -0.15) is 0 Å². The highest BCUT2D eigenvalue weighted by Crippen LogP contribution is 2.41. The van der Waals surface area contributed by atoms with Gasteiger partial charge in [0.25, 0.3) is 0 Å². The van der Waals surface area contributed by atoms with Crippen molar-refractivity contribution in [2.75, 3.05) is 4.90 Å². The molecule has 0 spiro atoms. The summed E-state index contributed by atoms with van der Waals surface area (Å²) in [6.07, 6.45) is 0. The Hall–Kier alpha value is -7.56. The third-order valence-electron chi connectivity index (χ3n) is 10.4. The molecule has 0 aliphatic rings. The van der Waals surface area contributed by atoms with Crippen LogP contribution in [0.5, 0.6) is 0 Å². The van der Waals surface area contributed by atoms with E-state index in [1.807, 2.05) is 36.4 Å². The maximum absolute atomic E-state index is 5.09. The Labute approximate surface area is 326 Å². The molecule has 0 saturated heterocycles. The van der Waals surface area contributed by atoms with Gasteiger partial charge in [-0.25, -0.2) is 9.97 Å². The van der Waals surface area contributed by atoms with Crippen molar-refractivity contribution in [1.82, 2.24) is 14.5 Å². The highest BCUT2D eigenvalue weighted by Gasteiger charge is 2.18. The summed E-state index contributed by atoms with van der Waals surface area (Å²) in [6, 6.07) is 76.8. The third kappa shape index (κ3) is 6.19. The van der Waals surface area contributed by atoms with Gasteiger partial charge in [-0.15, -0.1) is 0 Å². The van der Waals surface area contributed by atoms with E-state index in [4.69, 9.17) is 9.97 Å². The van der Waals surface area contributed by atoms with Crippen molar-refractivity contribution in [3.05, 3.63) is 218 Å². The molecule has 56 heavy (non-hydrogen) atoms. The quantitative estimate of drug-likeness (QED) is 0.157. The fourth-order valence-corrected chi connectivity index (χ4v) is 7.69. The zero-order valence-corrected chi connectivity index (χ0v) is 30.6. The van der Waals surface area contributed by atoms with Gasteiger partial charge in [0, 0.05) is 50.2 Å². The molecule has 0 amide bonds. The molecule has 0 aliphatic carbocycles. The first-order chi connectivity index (χ1) is 27.8. The number of benzene rings is 8. The van der Waals surface area contributed by atoms with E-state index in [1.54, 1.807) is 0 Å². The van der Waals surface area contributed by atoms with Crippen LogP contribution in [0.3, 0.4) is 0 Å². The van der Waals surface area contributed by atoms with E-state index >= 15 is 0 Å². The van der Waals surface area contributed by atoms with Crippen LogP contribution in [-0.4, -0.2) is 14.5 Å². The molecule has 0 atom stereocenters. The van der Waals surface area contributed by atoms with Crippen molar-refractivity contribution < 1.29 is 0 Å². The van der Waals surface area contributed by atoms with Crippen LogP contribution in [0.1, 0.15) is 0 Å². The highest BCUT2D eigenvalue weighted by atomic mass is 15.1. The zero-order chi connectivity index (χ0) is 37.3.